The highest BCUT2D eigenvalue weighted by Crippen LogP contribution is 2.17. The number of unbranched alkanes of at least 4 members (excludes halogenated alkanes) is 32. The molecule has 0 saturated carbocycles. The van der Waals surface area contributed by atoms with Crippen LogP contribution in [0.2, 0.25) is 0 Å². The highest BCUT2D eigenvalue weighted by molar-refractivity contribution is 5.71. The van der Waals surface area contributed by atoms with E-state index in [1.165, 1.54) is 161 Å². The van der Waals surface area contributed by atoms with Gasteiger partial charge in [0.15, 0.2) is 6.10 Å². The second kappa shape index (κ2) is 70.3. The average molecular weight is 1150 g/mol. The molecule has 6 nitrogen and oxygen atoms in total. The minimum atomic E-state index is -0.785. The second-order valence-electron chi connectivity index (χ2n) is 23.0. The van der Waals surface area contributed by atoms with E-state index in [4.69, 9.17) is 14.2 Å². The normalized spacial score (nSPS) is 12.9. The van der Waals surface area contributed by atoms with Crippen molar-refractivity contribution in [1.82, 2.24) is 0 Å². The van der Waals surface area contributed by atoms with Crippen LogP contribution >= 0.6 is 0 Å². The molecule has 0 spiro atoms. The average Bonchev–Trinajstić information content (AvgIpc) is 3.49. The third-order valence-corrected chi connectivity index (χ3v) is 15.0. The Kier molecular flexibility index (Phi) is 66.7. The van der Waals surface area contributed by atoms with Gasteiger partial charge in [-0.2, -0.15) is 0 Å². The molecule has 0 aromatic carbocycles. The van der Waals surface area contributed by atoms with Crippen molar-refractivity contribution in [2.45, 2.75) is 335 Å². The molecule has 0 N–H and O–H groups in total. The van der Waals surface area contributed by atoms with E-state index < -0.39 is 6.10 Å². The number of carbonyl (C=O) groups is 3. The van der Waals surface area contributed by atoms with Crippen LogP contribution in [0.15, 0.2) is 122 Å². The minimum absolute atomic E-state index is 0.0796. The van der Waals surface area contributed by atoms with E-state index in [2.05, 4.69) is 142 Å². The van der Waals surface area contributed by atoms with Crippen LogP contribution in [0.25, 0.3) is 0 Å². The maximum absolute atomic E-state index is 13.0. The summed E-state index contributed by atoms with van der Waals surface area (Å²) in [7, 11) is 0. The van der Waals surface area contributed by atoms with Gasteiger partial charge in [0.05, 0.1) is 0 Å². The third kappa shape index (κ3) is 68.5. The van der Waals surface area contributed by atoms with Crippen molar-refractivity contribution in [3.63, 3.8) is 0 Å². The Bertz CT molecular complexity index is 1700. The van der Waals surface area contributed by atoms with Crippen LogP contribution in [0.1, 0.15) is 329 Å². The summed E-state index contributed by atoms with van der Waals surface area (Å²) in [6.07, 6.45) is 97.8. The molecule has 0 amide bonds. The molecule has 0 saturated heterocycles. The van der Waals surface area contributed by atoms with Crippen molar-refractivity contribution in [2.75, 3.05) is 13.2 Å². The number of hydrogen-bond donors (Lipinski definition) is 0. The lowest BCUT2D eigenvalue weighted by molar-refractivity contribution is -0.167. The SMILES string of the molecule is CC/C=C\C/C=C\C/C=C\C/C=C\C/C=C\C/C=C\CCCCCCCCCCC(=O)OCC(COC(=O)CCCCCCCCCCCCCCC)OC(=O)CCCCCCCCCCCCCC/C=C\C/C=C\C/C=C\C/C=C\CC. The van der Waals surface area contributed by atoms with Gasteiger partial charge in [-0.15, -0.1) is 0 Å². The van der Waals surface area contributed by atoms with E-state index in [0.29, 0.717) is 19.3 Å². The second-order valence-corrected chi connectivity index (χ2v) is 23.0. The zero-order valence-electron chi connectivity index (χ0n) is 54.4. The predicted molar refractivity (Wildman–Crippen MR) is 362 cm³/mol. The van der Waals surface area contributed by atoms with Gasteiger partial charge in [0.2, 0.25) is 0 Å². The predicted octanol–water partition coefficient (Wildman–Crippen LogP) is 24.3. The molecule has 0 rings (SSSR count). The standard InChI is InChI=1S/C77H130O6/c1-4-7-10-13-16-19-22-25-27-29-31-33-35-37-38-40-41-43-45-47-49-52-55-58-61-64-67-70-76(79)82-73-74(72-81-75(78)69-66-63-60-57-54-51-24-21-18-15-12-9-6-3)83-77(80)71-68-65-62-59-56-53-50-48-46-44-42-39-36-34-32-30-28-26-23-20-17-14-11-8-5-2/h7-8,10-11,16-17,19-20,25-28,31-34,37-38,41,43,74H,4-6,9,12-15,18,21-24,29-30,35-36,39-40,42,44-73H2,1-3H3/b10-7-,11-8-,19-16-,20-17-,27-25-,28-26-,33-31-,34-32-,38-37-,43-41-. The fourth-order valence-electron chi connectivity index (χ4n) is 9.79. The summed E-state index contributed by atoms with van der Waals surface area (Å²) in [6.45, 7) is 6.44. The summed E-state index contributed by atoms with van der Waals surface area (Å²) in [5.41, 5.74) is 0. The van der Waals surface area contributed by atoms with Gasteiger partial charge in [0, 0.05) is 19.3 Å². The van der Waals surface area contributed by atoms with Crippen LogP contribution < -0.4 is 0 Å². The highest BCUT2D eigenvalue weighted by atomic mass is 16.6. The third-order valence-electron chi connectivity index (χ3n) is 15.0. The Balaban J connectivity index is 4.32. The first kappa shape index (κ1) is 78.8. The molecular formula is C77H130O6. The first-order valence-electron chi connectivity index (χ1n) is 35.0. The summed E-state index contributed by atoms with van der Waals surface area (Å²) in [4.78, 5) is 38.4. The van der Waals surface area contributed by atoms with Crippen molar-refractivity contribution < 1.29 is 28.6 Å². The lowest BCUT2D eigenvalue weighted by Gasteiger charge is -2.18. The van der Waals surface area contributed by atoms with Crippen molar-refractivity contribution >= 4 is 17.9 Å². The van der Waals surface area contributed by atoms with Gasteiger partial charge in [-0.25, -0.2) is 0 Å². The van der Waals surface area contributed by atoms with Crippen LogP contribution in [0, 0.1) is 0 Å². The number of carbonyl (C=O) groups excluding carboxylic acids is 3. The topological polar surface area (TPSA) is 78.9 Å². The van der Waals surface area contributed by atoms with Gasteiger partial charge in [0.1, 0.15) is 13.2 Å². The van der Waals surface area contributed by atoms with E-state index in [9.17, 15) is 14.4 Å². The van der Waals surface area contributed by atoms with Gasteiger partial charge in [-0.1, -0.05) is 322 Å². The lowest BCUT2D eigenvalue weighted by atomic mass is 10.0. The van der Waals surface area contributed by atoms with Gasteiger partial charge in [-0.3, -0.25) is 14.4 Å². The van der Waals surface area contributed by atoms with Crippen molar-refractivity contribution in [2.24, 2.45) is 0 Å². The molecule has 474 valence electrons. The largest absolute Gasteiger partial charge is 0.462 e. The summed E-state index contributed by atoms with van der Waals surface area (Å²) < 4.78 is 17.0. The molecule has 0 aromatic heterocycles. The number of esters is 3. The molecule has 0 aromatic rings. The summed E-state index contributed by atoms with van der Waals surface area (Å²) in [5.74, 6) is -0.878. The van der Waals surface area contributed by atoms with Crippen LogP contribution in [-0.4, -0.2) is 37.2 Å². The molecule has 83 heavy (non-hydrogen) atoms. The zero-order chi connectivity index (χ0) is 59.9. The molecule has 0 aliphatic carbocycles. The molecular weight excluding hydrogens is 1020 g/mol. The summed E-state index contributed by atoms with van der Waals surface area (Å²) >= 11 is 0. The molecule has 1 atom stereocenters. The van der Waals surface area contributed by atoms with Gasteiger partial charge in [0.25, 0.3) is 0 Å². The van der Waals surface area contributed by atoms with Crippen LogP contribution in [0.4, 0.5) is 0 Å². The van der Waals surface area contributed by atoms with Crippen molar-refractivity contribution in [3.8, 4) is 0 Å². The zero-order valence-corrected chi connectivity index (χ0v) is 54.4. The monoisotopic (exact) mass is 1150 g/mol. The van der Waals surface area contributed by atoms with E-state index >= 15 is 0 Å². The molecule has 0 bridgehead atoms. The smallest absolute Gasteiger partial charge is 0.306 e. The Hall–Kier alpha value is -4.19. The maximum Gasteiger partial charge on any atom is 0.306 e. The Morgan fingerprint density at radius 1 is 0.253 bits per heavy atom. The first-order chi connectivity index (χ1) is 41.0. The quantitative estimate of drug-likeness (QED) is 0.0261. The Labute approximate surface area is 513 Å². The van der Waals surface area contributed by atoms with Gasteiger partial charge in [-0.05, 0) is 109 Å². The Morgan fingerprint density at radius 2 is 0.470 bits per heavy atom. The number of allylic oxidation sites excluding steroid dienone is 20. The minimum Gasteiger partial charge on any atom is -0.462 e. The number of rotatable bonds is 63. The molecule has 6 heteroatoms. The highest BCUT2D eigenvalue weighted by Gasteiger charge is 2.19. The van der Waals surface area contributed by atoms with Crippen molar-refractivity contribution in [3.05, 3.63) is 122 Å². The van der Waals surface area contributed by atoms with Crippen LogP contribution in [0.3, 0.4) is 0 Å². The molecule has 0 aliphatic rings. The van der Waals surface area contributed by atoms with Gasteiger partial charge < -0.3 is 14.2 Å². The summed E-state index contributed by atoms with van der Waals surface area (Å²) in [5, 5.41) is 0. The van der Waals surface area contributed by atoms with Crippen LogP contribution in [-0.2, 0) is 28.6 Å². The van der Waals surface area contributed by atoms with Gasteiger partial charge >= 0.3 is 17.9 Å². The fraction of sp³-hybridized carbons (Fsp3) is 0.701. The van der Waals surface area contributed by atoms with Crippen LogP contribution in [0.5, 0.6) is 0 Å². The molecule has 0 fully saturated rings. The lowest BCUT2D eigenvalue weighted by Crippen LogP contribution is -2.30. The number of hydrogen-bond acceptors (Lipinski definition) is 6. The van der Waals surface area contributed by atoms with Crippen molar-refractivity contribution in [1.29, 1.82) is 0 Å². The number of ether oxygens (including phenoxy) is 3. The molecule has 0 radical (unpaired) electrons. The Morgan fingerprint density at radius 3 is 0.735 bits per heavy atom. The van der Waals surface area contributed by atoms with E-state index in [1.807, 2.05) is 0 Å². The fourth-order valence-corrected chi connectivity index (χ4v) is 9.79. The van der Waals surface area contributed by atoms with E-state index in [0.717, 1.165) is 128 Å². The van der Waals surface area contributed by atoms with E-state index in [1.54, 1.807) is 0 Å². The first-order valence-corrected chi connectivity index (χ1v) is 35.0. The molecule has 0 heterocycles. The molecule has 1 unspecified atom stereocenters. The molecule has 0 aliphatic heterocycles. The maximum atomic E-state index is 13.0. The summed E-state index contributed by atoms with van der Waals surface area (Å²) in [6, 6.07) is 0. The van der Waals surface area contributed by atoms with E-state index in [-0.39, 0.29) is 31.1 Å².